The van der Waals surface area contributed by atoms with Crippen molar-refractivity contribution in [1.29, 1.82) is 0 Å². The molecule has 1 aliphatic heterocycles. The van der Waals surface area contributed by atoms with Crippen molar-refractivity contribution in [3.63, 3.8) is 0 Å². The number of benzene rings is 1. The monoisotopic (exact) mass is 261 g/mol. The number of hydroxylamine groups is 4. The SMILES string of the molecule is NC1=CN(Cc2cccc(C(F)(F)F)c2)ON1O. The second-order valence-corrected chi connectivity index (χ2v) is 3.68. The van der Waals surface area contributed by atoms with Crippen LogP contribution in [0.3, 0.4) is 0 Å². The van der Waals surface area contributed by atoms with Gasteiger partial charge in [-0.05, 0) is 17.7 Å². The van der Waals surface area contributed by atoms with Crippen LogP contribution in [0.1, 0.15) is 11.1 Å². The predicted molar refractivity (Wildman–Crippen MR) is 54.0 cm³/mol. The van der Waals surface area contributed by atoms with E-state index in [-0.39, 0.29) is 12.4 Å². The van der Waals surface area contributed by atoms with Crippen LogP contribution in [0.5, 0.6) is 0 Å². The fourth-order valence-electron chi connectivity index (χ4n) is 1.47. The van der Waals surface area contributed by atoms with Crippen molar-refractivity contribution in [2.24, 2.45) is 5.73 Å². The largest absolute Gasteiger partial charge is 0.416 e. The highest BCUT2D eigenvalue weighted by Crippen LogP contribution is 2.30. The maximum absolute atomic E-state index is 12.5. The van der Waals surface area contributed by atoms with Gasteiger partial charge in [0.25, 0.3) is 0 Å². The van der Waals surface area contributed by atoms with E-state index in [9.17, 15) is 13.2 Å². The van der Waals surface area contributed by atoms with E-state index in [0.29, 0.717) is 10.8 Å². The van der Waals surface area contributed by atoms with Gasteiger partial charge in [0.05, 0.1) is 18.3 Å². The molecule has 8 heteroatoms. The molecule has 2 rings (SSSR count). The van der Waals surface area contributed by atoms with Crippen LogP contribution < -0.4 is 5.73 Å². The lowest BCUT2D eigenvalue weighted by molar-refractivity contribution is -0.389. The summed E-state index contributed by atoms with van der Waals surface area (Å²) in [5.41, 5.74) is 4.95. The average Bonchev–Trinajstić information content (AvgIpc) is 2.57. The van der Waals surface area contributed by atoms with Crippen LogP contribution in [0.15, 0.2) is 36.3 Å². The first-order valence-corrected chi connectivity index (χ1v) is 4.93. The van der Waals surface area contributed by atoms with Crippen molar-refractivity contribution in [2.45, 2.75) is 12.7 Å². The lowest BCUT2D eigenvalue weighted by Gasteiger charge is -2.16. The molecule has 0 unspecified atom stereocenters. The third kappa shape index (κ3) is 2.66. The summed E-state index contributed by atoms with van der Waals surface area (Å²) >= 11 is 0. The van der Waals surface area contributed by atoms with Crippen LogP contribution in [-0.4, -0.2) is 15.5 Å². The summed E-state index contributed by atoms with van der Waals surface area (Å²) in [6.07, 6.45) is -3.12. The van der Waals surface area contributed by atoms with Gasteiger partial charge < -0.3 is 5.73 Å². The maximum Gasteiger partial charge on any atom is 0.416 e. The predicted octanol–water partition coefficient (Wildman–Crippen LogP) is 1.82. The van der Waals surface area contributed by atoms with Gasteiger partial charge in [0, 0.05) is 0 Å². The highest BCUT2D eigenvalue weighted by atomic mass is 19.4. The standard InChI is InChI=1S/C10H10F3N3O2/c11-10(12,13)8-3-1-2-7(4-8)5-15-6-9(14)16(17)18-15/h1-4,6,17H,5,14H2. The molecule has 1 aliphatic rings. The third-order valence-corrected chi connectivity index (χ3v) is 2.27. The Bertz CT molecular complexity index is 476. The Morgan fingerprint density at radius 3 is 2.61 bits per heavy atom. The average molecular weight is 261 g/mol. The number of rotatable bonds is 2. The van der Waals surface area contributed by atoms with Gasteiger partial charge in [-0.25, -0.2) is 5.06 Å². The van der Waals surface area contributed by atoms with Gasteiger partial charge in [-0.3, -0.25) is 5.21 Å². The Hall–Kier alpha value is -1.93. The van der Waals surface area contributed by atoms with Gasteiger partial charge in [0.2, 0.25) is 0 Å². The zero-order chi connectivity index (χ0) is 13.3. The Labute approximate surface area is 100 Å². The number of nitrogens with two attached hydrogens (primary N) is 1. The fourth-order valence-corrected chi connectivity index (χ4v) is 1.47. The van der Waals surface area contributed by atoms with E-state index < -0.39 is 11.7 Å². The number of nitrogens with zero attached hydrogens (tertiary/aromatic N) is 2. The molecule has 1 heterocycles. The summed E-state index contributed by atoms with van der Waals surface area (Å²) < 4.78 is 37.4. The molecule has 0 amide bonds. The molecule has 0 radical (unpaired) electrons. The van der Waals surface area contributed by atoms with E-state index in [2.05, 4.69) is 0 Å². The smallest absolute Gasteiger partial charge is 0.380 e. The molecule has 5 nitrogen and oxygen atoms in total. The Kier molecular flexibility index (Phi) is 3.05. The molecule has 0 aliphatic carbocycles. The summed E-state index contributed by atoms with van der Waals surface area (Å²) in [5, 5.41) is 10.5. The van der Waals surface area contributed by atoms with Crippen LogP contribution in [-0.2, 0) is 17.7 Å². The lowest BCUT2D eigenvalue weighted by atomic mass is 10.1. The highest BCUT2D eigenvalue weighted by molar-refractivity contribution is 5.25. The molecule has 0 saturated carbocycles. The number of hydrogen-bond donors (Lipinski definition) is 2. The number of alkyl halides is 3. The summed E-state index contributed by atoms with van der Waals surface area (Å²) in [4.78, 5) is 4.73. The van der Waals surface area contributed by atoms with E-state index in [1.807, 2.05) is 0 Å². The Morgan fingerprint density at radius 2 is 2.06 bits per heavy atom. The Balaban J connectivity index is 2.12. The molecular weight excluding hydrogens is 251 g/mol. The number of halogens is 3. The first-order valence-electron chi connectivity index (χ1n) is 4.93. The van der Waals surface area contributed by atoms with Gasteiger partial charge in [-0.15, -0.1) is 4.94 Å². The number of hydrogen-bond acceptors (Lipinski definition) is 5. The molecule has 0 fully saturated rings. The van der Waals surface area contributed by atoms with Crippen molar-refractivity contribution in [1.82, 2.24) is 10.3 Å². The van der Waals surface area contributed by atoms with Gasteiger partial charge in [-0.1, -0.05) is 17.4 Å². The normalized spacial score (nSPS) is 16.1. The molecule has 1 aromatic rings. The lowest BCUT2D eigenvalue weighted by Crippen LogP contribution is -2.23. The maximum atomic E-state index is 12.5. The van der Waals surface area contributed by atoms with Crippen LogP contribution >= 0.6 is 0 Å². The first kappa shape index (κ1) is 12.5. The van der Waals surface area contributed by atoms with Crippen molar-refractivity contribution in [3.8, 4) is 0 Å². The minimum atomic E-state index is -4.39. The van der Waals surface area contributed by atoms with Crippen molar-refractivity contribution in [2.75, 3.05) is 0 Å². The van der Waals surface area contributed by atoms with E-state index in [1.165, 1.54) is 18.3 Å². The van der Waals surface area contributed by atoms with E-state index in [4.69, 9.17) is 15.9 Å². The minimum Gasteiger partial charge on any atom is -0.380 e. The van der Waals surface area contributed by atoms with Crippen LogP contribution in [0.4, 0.5) is 13.2 Å². The van der Waals surface area contributed by atoms with Crippen molar-refractivity contribution in [3.05, 3.63) is 47.4 Å². The molecule has 0 atom stereocenters. The molecule has 0 saturated heterocycles. The summed E-state index contributed by atoms with van der Waals surface area (Å²) in [5.74, 6) is -0.0537. The highest BCUT2D eigenvalue weighted by Gasteiger charge is 2.30. The molecule has 0 bridgehead atoms. The summed E-state index contributed by atoms with van der Waals surface area (Å²) in [7, 11) is 0. The Morgan fingerprint density at radius 1 is 1.33 bits per heavy atom. The minimum absolute atomic E-state index is 0.0294. The van der Waals surface area contributed by atoms with Crippen LogP contribution in [0, 0.1) is 0 Å². The quantitative estimate of drug-likeness (QED) is 0.850. The molecule has 18 heavy (non-hydrogen) atoms. The zero-order valence-corrected chi connectivity index (χ0v) is 9.05. The topological polar surface area (TPSA) is 62.0 Å². The van der Waals surface area contributed by atoms with E-state index >= 15 is 0 Å². The van der Waals surface area contributed by atoms with Crippen molar-refractivity contribution >= 4 is 0 Å². The molecule has 3 N–H and O–H groups in total. The molecule has 98 valence electrons. The summed E-state index contributed by atoms with van der Waals surface area (Å²) in [6.45, 7) is 0.0294. The van der Waals surface area contributed by atoms with Crippen LogP contribution in [0.2, 0.25) is 0 Å². The third-order valence-electron chi connectivity index (χ3n) is 2.27. The van der Waals surface area contributed by atoms with Gasteiger partial charge in [0.1, 0.15) is 0 Å². The molecular formula is C10H10F3N3O2. The van der Waals surface area contributed by atoms with Gasteiger partial charge >= 0.3 is 6.18 Å². The first-order chi connectivity index (χ1) is 8.36. The summed E-state index contributed by atoms with van der Waals surface area (Å²) in [6, 6.07) is 4.81. The molecule has 0 aromatic heterocycles. The second kappa shape index (κ2) is 4.39. The second-order valence-electron chi connectivity index (χ2n) is 3.68. The van der Waals surface area contributed by atoms with E-state index in [1.54, 1.807) is 0 Å². The van der Waals surface area contributed by atoms with Gasteiger partial charge in [0.15, 0.2) is 5.82 Å². The van der Waals surface area contributed by atoms with Gasteiger partial charge in [-0.2, -0.15) is 13.2 Å². The van der Waals surface area contributed by atoms with Crippen molar-refractivity contribution < 1.29 is 23.3 Å². The van der Waals surface area contributed by atoms with Crippen LogP contribution in [0.25, 0.3) is 0 Å². The van der Waals surface area contributed by atoms with E-state index in [0.717, 1.165) is 17.2 Å². The fraction of sp³-hybridized carbons (Fsp3) is 0.200. The zero-order valence-electron chi connectivity index (χ0n) is 9.05. The molecule has 1 aromatic carbocycles. The molecule has 0 spiro atoms.